The lowest BCUT2D eigenvalue weighted by Gasteiger charge is -2.25. The zero-order valence-corrected chi connectivity index (χ0v) is 10.8. The second-order valence-electron chi connectivity index (χ2n) is 4.82. The molecule has 0 saturated heterocycles. The van der Waals surface area contributed by atoms with Crippen molar-refractivity contribution in [2.75, 3.05) is 13.2 Å². The molecule has 3 heteroatoms. The van der Waals surface area contributed by atoms with Crippen molar-refractivity contribution in [3.8, 4) is 5.75 Å². The molecule has 1 saturated carbocycles. The molecule has 3 rings (SSSR count). The Bertz CT molecular complexity index is 390. The van der Waals surface area contributed by atoms with Gasteiger partial charge in [0.15, 0.2) is 0 Å². The summed E-state index contributed by atoms with van der Waals surface area (Å²) in [6.45, 7) is 1.95. The molecular weight excluding hydrogens is 266 g/mol. The van der Waals surface area contributed by atoms with Crippen LogP contribution in [0, 0.1) is 5.92 Å². The quantitative estimate of drug-likeness (QED) is 0.920. The van der Waals surface area contributed by atoms with Crippen LogP contribution >= 0.6 is 15.9 Å². The van der Waals surface area contributed by atoms with E-state index in [1.54, 1.807) is 0 Å². The van der Waals surface area contributed by atoms with E-state index in [-0.39, 0.29) is 0 Å². The first-order valence-corrected chi connectivity index (χ1v) is 6.75. The van der Waals surface area contributed by atoms with Crippen molar-refractivity contribution < 1.29 is 4.74 Å². The van der Waals surface area contributed by atoms with Gasteiger partial charge >= 0.3 is 0 Å². The van der Waals surface area contributed by atoms with Gasteiger partial charge in [0.2, 0.25) is 0 Å². The summed E-state index contributed by atoms with van der Waals surface area (Å²) >= 11 is 3.47. The molecule has 0 spiro atoms. The standard InChI is InChI=1S/C13H16BrNO/c14-11-2-1-10-5-9(7-15-12-3-4-12)8-16-13(10)6-11/h1-2,6,9,12,15H,3-5,7-8H2. The Morgan fingerprint density at radius 2 is 2.25 bits per heavy atom. The molecule has 2 aliphatic rings. The Morgan fingerprint density at radius 1 is 1.38 bits per heavy atom. The van der Waals surface area contributed by atoms with Crippen LogP contribution in [0.4, 0.5) is 0 Å². The first-order chi connectivity index (χ1) is 7.81. The first kappa shape index (κ1) is 10.6. The Kier molecular flexibility index (Phi) is 2.90. The fraction of sp³-hybridized carbons (Fsp3) is 0.538. The highest BCUT2D eigenvalue weighted by Gasteiger charge is 2.24. The maximum atomic E-state index is 5.80. The van der Waals surface area contributed by atoms with Gasteiger partial charge in [-0.3, -0.25) is 0 Å². The summed E-state index contributed by atoms with van der Waals surface area (Å²) in [6.07, 6.45) is 3.86. The van der Waals surface area contributed by atoms with Gasteiger partial charge < -0.3 is 10.1 Å². The highest BCUT2D eigenvalue weighted by Crippen LogP contribution is 2.30. The summed E-state index contributed by atoms with van der Waals surface area (Å²) in [5, 5.41) is 3.58. The Hall–Kier alpha value is -0.540. The van der Waals surface area contributed by atoms with Crippen molar-refractivity contribution >= 4 is 15.9 Å². The van der Waals surface area contributed by atoms with Crippen LogP contribution < -0.4 is 10.1 Å². The SMILES string of the molecule is Brc1ccc2c(c1)OCC(CNC1CC1)C2. The minimum absolute atomic E-state index is 0.634. The average Bonchev–Trinajstić information content (AvgIpc) is 3.10. The molecular formula is C13H16BrNO. The zero-order valence-electron chi connectivity index (χ0n) is 9.21. The lowest BCUT2D eigenvalue weighted by atomic mass is 9.97. The molecule has 1 aromatic rings. The van der Waals surface area contributed by atoms with E-state index in [0.29, 0.717) is 5.92 Å². The molecule has 1 fully saturated rings. The van der Waals surface area contributed by atoms with E-state index < -0.39 is 0 Å². The van der Waals surface area contributed by atoms with Crippen molar-refractivity contribution in [1.29, 1.82) is 0 Å². The van der Waals surface area contributed by atoms with Crippen molar-refractivity contribution in [2.45, 2.75) is 25.3 Å². The molecule has 16 heavy (non-hydrogen) atoms. The number of benzene rings is 1. The smallest absolute Gasteiger partial charge is 0.123 e. The van der Waals surface area contributed by atoms with E-state index in [9.17, 15) is 0 Å². The zero-order chi connectivity index (χ0) is 11.0. The first-order valence-electron chi connectivity index (χ1n) is 5.96. The number of fused-ring (bicyclic) bond motifs is 1. The molecule has 0 aromatic heterocycles. The van der Waals surface area contributed by atoms with E-state index >= 15 is 0 Å². The molecule has 1 aromatic carbocycles. The molecule has 0 radical (unpaired) electrons. The molecule has 1 atom stereocenters. The monoisotopic (exact) mass is 281 g/mol. The molecule has 1 N–H and O–H groups in total. The van der Waals surface area contributed by atoms with Gasteiger partial charge in [-0.1, -0.05) is 22.0 Å². The fourth-order valence-electron chi connectivity index (χ4n) is 2.16. The van der Waals surface area contributed by atoms with Gasteiger partial charge in [-0.05, 0) is 37.0 Å². The number of hydrogen-bond acceptors (Lipinski definition) is 2. The Balaban J connectivity index is 1.63. The Labute approximate surface area is 105 Å². The van der Waals surface area contributed by atoms with Crippen LogP contribution in [-0.2, 0) is 6.42 Å². The van der Waals surface area contributed by atoms with Crippen molar-refractivity contribution in [1.82, 2.24) is 5.32 Å². The van der Waals surface area contributed by atoms with Crippen LogP contribution in [0.15, 0.2) is 22.7 Å². The molecule has 86 valence electrons. The van der Waals surface area contributed by atoms with Gasteiger partial charge in [-0.15, -0.1) is 0 Å². The summed E-state index contributed by atoms with van der Waals surface area (Å²) in [4.78, 5) is 0. The van der Waals surface area contributed by atoms with E-state index in [1.807, 2.05) is 0 Å². The second-order valence-corrected chi connectivity index (χ2v) is 5.73. The lowest BCUT2D eigenvalue weighted by Crippen LogP contribution is -2.32. The fourth-order valence-corrected chi connectivity index (χ4v) is 2.50. The molecule has 2 nitrogen and oxygen atoms in total. The summed E-state index contributed by atoms with van der Waals surface area (Å²) in [7, 11) is 0. The largest absolute Gasteiger partial charge is 0.493 e. The van der Waals surface area contributed by atoms with E-state index in [0.717, 1.165) is 35.8 Å². The van der Waals surface area contributed by atoms with Crippen LogP contribution in [-0.4, -0.2) is 19.2 Å². The number of rotatable bonds is 3. The van der Waals surface area contributed by atoms with Crippen LogP contribution in [0.25, 0.3) is 0 Å². The minimum Gasteiger partial charge on any atom is -0.493 e. The Morgan fingerprint density at radius 3 is 3.06 bits per heavy atom. The third kappa shape index (κ3) is 2.41. The third-order valence-electron chi connectivity index (χ3n) is 3.28. The van der Waals surface area contributed by atoms with E-state index in [2.05, 4.69) is 39.4 Å². The predicted octanol–water partition coefficient (Wildman–Crippen LogP) is 2.75. The summed E-state index contributed by atoms with van der Waals surface area (Å²) in [5.74, 6) is 1.69. The van der Waals surface area contributed by atoms with Gasteiger partial charge in [0.25, 0.3) is 0 Å². The van der Waals surface area contributed by atoms with Gasteiger partial charge in [0, 0.05) is 23.0 Å². The van der Waals surface area contributed by atoms with Crippen molar-refractivity contribution in [3.05, 3.63) is 28.2 Å². The molecule has 1 unspecified atom stereocenters. The highest BCUT2D eigenvalue weighted by atomic mass is 79.9. The molecule has 0 amide bonds. The maximum Gasteiger partial charge on any atom is 0.123 e. The third-order valence-corrected chi connectivity index (χ3v) is 3.78. The summed E-state index contributed by atoms with van der Waals surface area (Å²) in [6, 6.07) is 7.13. The number of nitrogens with one attached hydrogen (secondary N) is 1. The van der Waals surface area contributed by atoms with Crippen molar-refractivity contribution in [3.63, 3.8) is 0 Å². The van der Waals surface area contributed by atoms with Crippen LogP contribution in [0.1, 0.15) is 18.4 Å². The number of hydrogen-bond donors (Lipinski definition) is 1. The lowest BCUT2D eigenvalue weighted by molar-refractivity contribution is 0.218. The molecule has 1 aliphatic carbocycles. The molecule has 1 aliphatic heterocycles. The van der Waals surface area contributed by atoms with E-state index in [4.69, 9.17) is 4.74 Å². The topological polar surface area (TPSA) is 21.3 Å². The highest BCUT2D eigenvalue weighted by molar-refractivity contribution is 9.10. The molecule has 1 heterocycles. The van der Waals surface area contributed by atoms with Gasteiger partial charge in [-0.2, -0.15) is 0 Å². The molecule has 0 bridgehead atoms. The van der Waals surface area contributed by atoms with Gasteiger partial charge in [0.05, 0.1) is 6.61 Å². The summed E-state index contributed by atoms with van der Waals surface area (Å²) < 4.78 is 6.90. The predicted molar refractivity (Wildman–Crippen MR) is 67.9 cm³/mol. The van der Waals surface area contributed by atoms with E-state index in [1.165, 1.54) is 18.4 Å². The normalized spacial score (nSPS) is 23.7. The van der Waals surface area contributed by atoms with Gasteiger partial charge in [0.1, 0.15) is 5.75 Å². The average molecular weight is 282 g/mol. The van der Waals surface area contributed by atoms with Gasteiger partial charge in [-0.25, -0.2) is 0 Å². The second kappa shape index (κ2) is 4.38. The number of halogens is 1. The number of ether oxygens (including phenoxy) is 1. The van der Waals surface area contributed by atoms with Crippen LogP contribution in [0.5, 0.6) is 5.75 Å². The minimum atomic E-state index is 0.634. The van der Waals surface area contributed by atoms with Crippen LogP contribution in [0.2, 0.25) is 0 Å². The van der Waals surface area contributed by atoms with Crippen molar-refractivity contribution in [2.24, 2.45) is 5.92 Å². The summed E-state index contributed by atoms with van der Waals surface area (Å²) in [5.41, 5.74) is 1.34. The maximum absolute atomic E-state index is 5.80. The van der Waals surface area contributed by atoms with Crippen LogP contribution in [0.3, 0.4) is 0 Å².